The van der Waals surface area contributed by atoms with Crippen LogP contribution >= 0.6 is 23.5 Å². The van der Waals surface area contributed by atoms with Crippen LogP contribution in [0.25, 0.3) is 0 Å². The Kier molecular flexibility index (Phi) is 4.53. The molecule has 2 rings (SSSR count). The second-order valence-corrected chi connectivity index (χ2v) is 7.74. The first-order valence-corrected chi connectivity index (χ1v) is 7.77. The summed E-state index contributed by atoms with van der Waals surface area (Å²) in [5.41, 5.74) is 3.62. The molecule has 1 aromatic heterocycles. The number of hydrogen-bond donors (Lipinski definition) is 1. The smallest absolute Gasteiger partial charge is 0.265 e. The minimum atomic E-state index is -0.0770. The van der Waals surface area contributed by atoms with Gasteiger partial charge in [0.2, 0.25) is 0 Å². The summed E-state index contributed by atoms with van der Waals surface area (Å²) in [6.45, 7) is 6.43. The number of amides is 1. The van der Waals surface area contributed by atoms with Crippen LogP contribution in [0.1, 0.15) is 31.1 Å². The molecular weight excluding hydrogens is 266 g/mol. The lowest BCUT2D eigenvalue weighted by molar-refractivity contribution is 0.0762. The van der Waals surface area contributed by atoms with Gasteiger partial charge in [0.15, 0.2) is 0 Å². The van der Waals surface area contributed by atoms with Gasteiger partial charge in [-0.3, -0.25) is 15.2 Å². The van der Waals surface area contributed by atoms with Crippen LogP contribution in [0, 0.1) is 0 Å². The summed E-state index contributed by atoms with van der Waals surface area (Å²) in [5, 5.41) is 2.57. The van der Waals surface area contributed by atoms with Crippen molar-refractivity contribution in [3.05, 3.63) is 30.1 Å². The molecule has 1 aliphatic heterocycles. The molecular formula is C12H17N3OS2. The maximum Gasteiger partial charge on any atom is 0.265 e. The van der Waals surface area contributed by atoms with Crippen molar-refractivity contribution >= 4 is 29.4 Å². The summed E-state index contributed by atoms with van der Waals surface area (Å²) in [7, 11) is 0. The molecule has 0 spiro atoms. The molecule has 0 radical (unpaired) electrons. The van der Waals surface area contributed by atoms with Gasteiger partial charge in [-0.1, -0.05) is 0 Å². The third-order valence-electron chi connectivity index (χ3n) is 2.73. The van der Waals surface area contributed by atoms with Gasteiger partial charge < -0.3 is 0 Å². The van der Waals surface area contributed by atoms with E-state index in [9.17, 15) is 4.79 Å². The monoisotopic (exact) mass is 283 g/mol. The zero-order valence-electron chi connectivity index (χ0n) is 10.7. The Bertz CT molecular complexity index is 403. The molecule has 0 bridgehead atoms. The van der Waals surface area contributed by atoms with E-state index in [0.29, 0.717) is 10.1 Å². The van der Waals surface area contributed by atoms with Gasteiger partial charge in [-0.05, 0) is 32.9 Å². The second kappa shape index (κ2) is 5.95. The molecule has 0 aromatic carbocycles. The highest BCUT2D eigenvalue weighted by atomic mass is 32.2. The number of pyridine rings is 1. The maximum absolute atomic E-state index is 12.1. The molecule has 18 heavy (non-hydrogen) atoms. The first-order valence-electron chi connectivity index (χ1n) is 5.88. The summed E-state index contributed by atoms with van der Waals surface area (Å²) in [5.74, 6) is -0.0770. The number of nitrogens with one attached hydrogen (secondary N) is 1. The van der Waals surface area contributed by atoms with Crippen LogP contribution in [0.15, 0.2) is 24.5 Å². The number of hydrazine groups is 1. The quantitative estimate of drug-likeness (QED) is 0.903. The van der Waals surface area contributed by atoms with Crippen molar-refractivity contribution in [1.82, 2.24) is 15.4 Å². The van der Waals surface area contributed by atoms with Crippen LogP contribution in [0.4, 0.5) is 0 Å². The molecule has 2 atom stereocenters. The fourth-order valence-corrected chi connectivity index (χ4v) is 5.02. The predicted molar refractivity (Wildman–Crippen MR) is 77.1 cm³/mol. The molecule has 1 aromatic rings. The predicted octanol–water partition coefficient (Wildman–Crippen LogP) is 2.55. The van der Waals surface area contributed by atoms with Crippen molar-refractivity contribution in [2.24, 2.45) is 0 Å². The van der Waals surface area contributed by atoms with Crippen LogP contribution in [-0.4, -0.2) is 31.2 Å². The summed E-state index contributed by atoms with van der Waals surface area (Å²) in [4.78, 5) is 16.0. The number of rotatable bonds is 2. The maximum atomic E-state index is 12.1. The van der Waals surface area contributed by atoms with E-state index in [4.69, 9.17) is 0 Å². The molecule has 1 amide bonds. The molecule has 0 saturated carbocycles. The fraction of sp³-hybridized carbons (Fsp3) is 0.500. The van der Waals surface area contributed by atoms with Crippen molar-refractivity contribution in [2.75, 3.05) is 0 Å². The number of aromatic nitrogens is 1. The number of carbonyl (C=O) groups is 1. The zero-order valence-corrected chi connectivity index (χ0v) is 12.3. The van der Waals surface area contributed by atoms with E-state index < -0.39 is 0 Å². The van der Waals surface area contributed by atoms with Gasteiger partial charge in [0.05, 0.1) is 15.3 Å². The summed E-state index contributed by atoms with van der Waals surface area (Å²) < 4.78 is 0.559. The van der Waals surface area contributed by atoms with Crippen LogP contribution in [0.5, 0.6) is 0 Å². The number of hydrogen-bond acceptors (Lipinski definition) is 5. The number of carbonyl (C=O) groups excluding carboxylic acids is 1. The summed E-state index contributed by atoms with van der Waals surface area (Å²) >= 11 is 3.70. The normalized spacial score (nSPS) is 28.9. The van der Waals surface area contributed by atoms with E-state index in [1.807, 2.05) is 28.5 Å². The van der Waals surface area contributed by atoms with E-state index in [0.717, 1.165) is 0 Å². The minimum absolute atomic E-state index is 0.0770. The lowest BCUT2D eigenvalue weighted by atomic mass is 10.2. The molecule has 98 valence electrons. The van der Waals surface area contributed by atoms with Gasteiger partial charge in [-0.2, -0.15) is 5.01 Å². The Hall–Kier alpha value is -0.720. The Morgan fingerprint density at radius 1 is 1.22 bits per heavy atom. The van der Waals surface area contributed by atoms with Crippen molar-refractivity contribution in [3.8, 4) is 0 Å². The highest BCUT2D eigenvalue weighted by molar-refractivity contribution is 8.18. The Labute approximate surface area is 116 Å². The molecule has 1 aliphatic rings. The Balaban J connectivity index is 2.03. The Morgan fingerprint density at radius 2 is 1.78 bits per heavy atom. The largest absolute Gasteiger partial charge is 0.283 e. The molecule has 0 aliphatic carbocycles. The van der Waals surface area contributed by atoms with Gasteiger partial charge in [0, 0.05) is 18.0 Å². The zero-order chi connectivity index (χ0) is 13.1. The topological polar surface area (TPSA) is 45.2 Å². The van der Waals surface area contributed by atoms with Crippen molar-refractivity contribution in [1.29, 1.82) is 0 Å². The molecule has 1 fully saturated rings. The molecule has 1 saturated heterocycles. The molecule has 2 unspecified atom stereocenters. The van der Waals surface area contributed by atoms with E-state index in [1.54, 1.807) is 24.5 Å². The van der Waals surface area contributed by atoms with E-state index in [-0.39, 0.29) is 16.7 Å². The first kappa shape index (κ1) is 13.7. The average Bonchev–Trinajstić information content (AvgIpc) is 2.34. The van der Waals surface area contributed by atoms with Gasteiger partial charge >= 0.3 is 0 Å². The lowest BCUT2D eigenvalue weighted by Crippen LogP contribution is -2.52. The van der Waals surface area contributed by atoms with Crippen molar-refractivity contribution in [3.63, 3.8) is 0 Å². The lowest BCUT2D eigenvalue weighted by Gasteiger charge is -2.40. The van der Waals surface area contributed by atoms with Crippen molar-refractivity contribution < 1.29 is 4.79 Å². The highest BCUT2D eigenvalue weighted by Crippen LogP contribution is 2.38. The van der Waals surface area contributed by atoms with Gasteiger partial charge in [0.1, 0.15) is 0 Å². The molecule has 4 nitrogen and oxygen atoms in total. The average molecular weight is 283 g/mol. The fourth-order valence-electron chi connectivity index (χ4n) is 1.88. The molecule has 6 heteroatoms. The van der Waals surface area contributed by atoms with Gasteiger partial charge in [-0.15, -0.1) is 23.5 Å². The van der Waals surface area contributed by atoms with E-state index in [2.05, 4.69) is 31.2 Å². The number of thioether (sulfide) groups is 2. The summed E-state index contributed by atoms with van der Waals surface area (Å²) in [6, 6.07) is 3.44. The van der Waals surface area contributed by atoms with Crippen LogP contribution in [0.2, 0.25) is 0 Å². The molecule has 2 heterocycles. The SMILES string of the molecule is CC1SC(C)N(NC(=O)c2ccncc2)C(C)S1. The van der Waals surface area contributed by atoms with E-state index >= 15 is 0 Å². The standard InChI is InChI=1S/C12H17N3OS2/c1-8-15(9(2)18-10(3)17-8)14-12(16)11-4-6-13-7-5-11/h4-10H,1-3H3,(H,14,16). The third-order valence-corrected chi connectivity index (χ3v) is 5.41. The Morgan fingerprint density at radius 3 is 2.33 bits per heavy atom. The van der Waals surface area contributed by atoms with Crippen LogP contribution in [-0.2, 0) is 0 Å². The van der Waals surface area contributed by atoms with Crippen LogP contribution < -0.4 is 5.43 Å². The number of nitrogens with zero attached hydrogens (tertiary/aromatic N) is 2. The van der Waals surface area contributed by atoms with E-state index in [1.165, 1.54) is 0 Å². The third kappa shape index (κ3) is 3.18. The van der Waals surface area contributed by atoms with Gasteiger partial charge in [0.25, 0.3) is 5.91 Å². The van der Waals surface area contributed by atoms with Crippen molar-refractivity contribution in [2.45, 2.75) is 36.1 Å². The van der Waals surface area contributed by atoms with Crippen LogP contribution in [0.3, 0.4) is 0 Å². The first-order chi connectivity index (χ1) is 8.58. The summed E-state index contributed by atoms with van der Waals surface area (Å²) in [6.07, 6.45) is 3.26. The second-order valence-electron chi connectivity index (χ2n) is 4.12. The molecule has 1 N–H and O–H groups in total. The minimum Gasteiger partial charge on any atom is -0.283 e. The van der Waals surface area contributed by atoms with Gasteiger partial charge in [-0.25, -0.2) is 0 Å². The highest BCUT2D eigenvalue weighted by Gasteiger charge is 2.31.